The summed E-state index contributed by atoms with van der Waals surface area (Å²) < 4.78 is 24.8. The summed E-state index contributed by atoms with van der Waals surface area (Å²) in [5.74, 6) is 1.03. The SMILES string of the molecule is Cc1cccc2c1[C@H](C)C[C@H]2NC[C@@H]1CCN(S(C)(=O)=O)C1. The summed E-state index contributed by atoms with van der Waals surface area (Å²) in [4.78, 5) is 0. The van der Waals surface area contributed by atoms with Crippen LogP contribution in [0.25, 0.3) is 0 Å². The van der Waals surface area contributed by atoms with Gasteiger partial charge in [-0.25, -0.2) is 12.7 Å². The molecule has 0 aromatic heterocycles. The average molecular weight is 322 g/mol. The lowest BCUT2D eigenvalue weighted by Gasteiger charge is -2.18. The molecule has 4 nitrogen and oxygen atoms in total. The zero-order valence-corrected chi connectivity index (χ0v) is 14.5. The fraction of sp³-hybridized carbons (Fsp3) is 0.647. The Morgan fingerprint density at radius 1 is 1.36 bits per heavy atom. The Labute approximate surface area is 134 Å². The van der Waals surface area contributed by atoms with Gasteiger partial charge >= 0.3 is 0 Å². The van der Waals surface area contributed by atoms with Crippen LogP contribution in [-0.2, 0) is 10.0 Å². The predicted molar refractivity (Wildman–Crippen MR) is 89.5 cm³/mol. The zero-order chi connectivity index (χ0) is 15.9. The second kappa shape index (κ2) is 5.95. The fourth-order valence-corrected chi connectivity index (χ4v) is 4.96. The third-order valence-corrected chi connectivity index (χ3v) is 6.46. The van der Waals surface area contributed by atoms with Crippen molar-refractivity contribution < 1.29 is 8.42 Å². The predicted octanol–water partition coefficient (Wildman–Crippen LogP) is 2.41. The molecule has 2 aliphatic rings. The van der Waals surface area contributed by atoms with Crippen molar-refractivity contribution in [3.63, 3.8) is 0 Å². The standard InChI is InChI=1S/C17H26N2O2S/c1-12-5-4-6-15-16(9-13(2)17(12)15)18-10-14-7-8-19(11-14)22(3,20)21/h4-6,13-14,16,18H,7-11H2,1-3H3/t13-,14+,16-/m1/s1. The second-order valence-electron chi connectivity index (χ2n) is 6.95. The van der Waals surface area contributed by atoms with Gasteiger partial charge in [0.2, 0.25) is 10.0 Å². The smallest absolute Gasteiger partial charge is 0.211 e. The number of nitrogens with zero attached hydrogens (tertiary/aromatic N) is 1. The number of fused-ring (bicyclic) bond motifs is 1. The Bertz CT molecular complexity index is 657. The first-order valence-corrected chi connectivity index (χ1v) is 9.99. The van der Waals surface area contributed by atoms with Crippen molar-refractivity contribution in [1.82, 2.24) is 9.62 Å². The molecule has 5 heteroatoms. The Morgan fingerprint density at radius 2 is 2.14 bits per heavy atom. The van der Waals surface area contributed by atoms with Gasteiger partial charge < -0.3 is 5.32 Å². The molecular weight excluding hydrogens is 296 g/mol. The number of hydrogen-bond donors (Lipinski definition) is 1. The number of hydrogen-bond acceptors (Lipinski definition) is 3. The average Bonchev–Trinajstić information content (AvgIpc) is 3.02. The summed E-state index contributed by atoms with van der Waals surface area (Å²) in [6.07, 6.45) is 3.41. The number of rotatable bonds is 4. The van der Waals surface area contributed by atoms with Crippen LogP contribution in [0.4, 0.5) is 0 Å². The van der Waals surface area contributed by atoms with Gasteiger partial charge in [-0.15, -0.1) is 0 Å². The third-order valence-electron chi connectivity index (χ3n) is 5.19. The van der Waals surface area contributed by atoms with E-state index in [4.69, 9.17) is 0 Å². The molecular formula is C17H26N2O2S. The lowest BCUT2D eigenvalue weighted by Crippen LogP contribution is -2.31. The van der Waals surface area contributed by atoms with E-state index in [0.717, 1.165) is 19.4 Å². The normalized spacial score (nSPS) is 29.0. The van der Waals surface area contributed by atoms with Gasteiger partial charge in [-0.1, -0.05) is 25.1 Å². The summed E-state index contributed by atoms with van der Waals surface area (Å²) in [5, 5.41) is 3.69. The molecule has 0 unspecified atom stereocenters. The van der Waals surface area contributed by atoms with Gasteiger partial charge in [-0.05, 0) is 54.8 Å². The van der Waals surface area contributed by atoms with Gasteiger partial charge in [0.15, 0.2) is 0 Å². The van der Waals surface area contributed by atoms with Crippen LogP contribution in [0.3, 0.4) is 0 Å². The monoisotopic (exact) mass is 322 g/mol. The summed E-state index contributed by atoms with van der Waals surface area (Å²) in [7, 11) is -3.03. The Balaban J connectivity index is 1.62. The highest BCUT2D eigenvalue weighted by molar-refractivity contribution is 7.88. The van der Waals surface area contributed by atoms with E-state index in [0.29, 0.717) is 31.0 Å². The number of aryl methyl sites for hydroxylation is 1. The Hall–Kier alpha value is -0.910. The fourth-order valence-electron chi connectivity index (χ4n) is 4.05. The molecule has 1 aliphatic carbocycles. The highest BCUT2D eigenvalue weighted by Gasteiger charge is 2.32. The van der Waals surface area contributed by atoms with E-state index in [-0.39, 0.29) is 0 Å². The van der Waals surface area contributed by atoms with Crippen LogP contribution in [0.15, 0.2) is 18.2 Å². The van der Waals surface area contributed by atoms with Crippen LogP contribution in [0.5, 0.6) is 0 Å². The van der Waals surface area contributed by atoms with E-state index in [1.807, 2.05) is 0 Å². The highest BCUT2D eigenvalue weighted by Crippen LogP contribution is 2.41. The molecule has 0 amide bonds. The molecule has 1 heterocycles. The van der Waals surface area contributed by atoms with Gasteiger partial charge in [-0.3, -0.25) is 0 Å². The van der Waals surface area contributed by atoms with Crippen LogP contribution in [0.1, 0.15) is 48.4 Å². The molecule has 0 bridgehead atoms. The molecule has 22 heavy (non-hydrogen) atoms. The minimum absolute atomic E-state index is 0.414. The van der Waals surface area contributed by atoms with Gasteiger partial charge in [-0.2, -0.15) is 0 Å². The lowest BCUT2D eigenvalue weighted by molar-refractivity contribution is 0.417. The summed E-state index contributed by atoms with van der Waals surface area (Å²) >= 11 is 0. The molecule has 0 radical (unpaired) electrons. The molecule has 0 spiro atoms. The van der Waals surface area contributed by atoms with Gasteiger partial charge in [0.25, 0.3) is 0 Å². The van der Waals surface area contributed by atoms with Crippen molar-refractivity contribution in [3.8, 4) is 0 Å². The molecule has 122 valence electrons. The second-order valence-corrected chi connectivity index (χ2v) is 8.93. The number of sulfonamides is 1. The maximum Gasteiger partial charge on any atom is 0.211 e. The third kappa shape index (κ3) is 3.07. The lowest BCUT2D eigenvalue weighted by atomic mass is 9.98. The zero-order valence-electron chi connectivity index (χ0n) is 13.7. The molecule has 1 aliphatic heterocycles. The van der Waals surface area contributed by atoms with Gasteiger partial charge in [0.1, 0.15) is 0 Å². The van der Waals surface area contributed by atoms with Crippen molar-refractivity contribution in [2.24, 2.45) is 5.92 Å². The first-order chi connectivity index (χ1) is 10.4. The minimum Gasteiger partial charge on any atom is -0.310 e. The Morgan fingerprint density at radius 3 is 2.82 bits per heavy atom. The minimum atomic E-state index is -3.03. The van der Waals surface area contributed by atoms with E-state index in [2.05, 4.69) is 37.4 Å². The van der Waals surface area contributed by atoms with Crippen LogP contribution in [-0.4, -0.2) is 38.6 Å². The quantitative estimate of drug-likeness (QED) is 0.926. The number of benzene rings is 1. The van der Waals surface area contributed by atoms with Crippen LogP contribution < -0.4 is 5.32 Å². The van der Waals surface area contributed by atoms with E-state index in [1.165, 1.54) is 22.9 Å². The van der Waals surface area contributed by atoms with Crippen molar-refractivity contribution >= 4 is 10.0 Å². The molecule has 1 fully saturated rings. The van der Waals surface area contributed by atoms with Crippen LogP contribution in [0, 0.1) is 12.8 Å². The summed E-state index contributed by atoms with van der Waals surface area (Å²) in [5.41, 5.74) is 4.33. The topological polar surface area (TPSA) is 49.4 Å². The van der Waals surface area contributed by atoms with Crippen molar-refractivity contribution in [1.29, 1.82) is 0 Å². The highest BCUT2D eigenvalue weighted by atomic mass is 32.2. The van der Waals surface area contributed by atoms with E-state index < -0.39 is 10.0 Å². The van der Waals surface area contributed by atoms with Crippen LogP contribution >= 0.6 is 0 Å². The van der Waals surface area contributed by atoms with Crippen LogP contribution in [0.2, 0.25) is 0 Å². The molecule has 1 aromatic rings. The van der Waals surface area contributed by atoms with Gasteiger partial charge in [0, 0.05) is 19.1 Å². The molecule has 3 atom stereocenters. The van der Waals surface area contributed by atoms with Crippen molar-refractivity contribution in [3.05, 3.63) is 34.9 Å². The number of nitrogens with one attached hydrogen (secondary N) is 1. The molecule has 3 rings (SSSR count). The van der Waals surface area contributed by atoms with Gasteiger partial charge in [0.05, 0.1) is 6.26 Å². The van der Waals surface area contributed by atoms with E-state index >= 15 is 0 Å². The molecule has 0 saturated carbocycles. The largest absolute Gasteiger partial charge is 0.310 e. The van der Waals surface area contributed by atoms with Crippen molar-refractivity contribution in [2.75, 3.05) is 25.9 Å². The summed E-state index contributed by atoms with van der Waals surface area (Å²) in [6.45, 7) is 6.72. The Kier molecular flexibility index (Phi) is 4.32. The first kappa shape index (κ1) is 16.0. The van der Waals surface area contributed by atoms with E-state index in [1.54, 1.807) is 4.31 Å². The maximum absolute atomic E-state index is 11.6. The summed E-state index contributed by atoms with van der Waals surface area (Å²) in [6, 6.07) is 6.98. The molecule has 1 N–H and O–H groups in total. The maximum atomic E-state index is 11.6. The van der Waals surface area contributed by atoms with E-state index in [9.17, 15) is 8.42 Å². The molecule has 1 saturated heterocycles. The van der Waals surface area contributed by atoms with Crippen molar-refractivity contribution in [2.45, 2.75) is 38.6 Å². The molecule has 1 aromatic carbocycles. The first-order valence-electron chi connectivity index (χ1n) is 8.14.